The van der Waals surface area contributed by atoms with Crippen molar-refractivity contribution in [1.82, 2.24) is 14.7 Å². The Labute approximate surface area is 121 Å². The Morgan fingerprint density at radius 3 is 2.30 bits per heavy atom. The molecule has 0 heterocycles. The van der Waals surface area contributed by atoms with Crippen molar-refractivity contribution in [2.75, 3.05) is 40.3 Å². The Morgan fingerprint density at radius 2 is 1.90 bits per heavy atom. The average molecular weight is 285 g/mol. The Morgan fingerprint density at radius 1 is 1.30 bits per heavy atom. The highest BCUT2D eigenvalue weighted by Crippen LogP contribution is 2.30. The molecule has 0 aromatic carbocycles. The van der Waals surface area contributed by atoms with E-state index in [0.29, 0.717) is 19.0 Å². The van der Waals surface area contributed by atoms with Gasteiger partial charge in [-0.25, -0.2) is 4.79 Å². The van der Waals surface area contributed by atoms with Gasteiger partial charge in [-0.3, -0.25) is 4.79 Å². The SMILES string of the molecule is CCN(C(=O)N(CC(=O)O)CC1CC1)C(C)CN(C)C. The van der Waals surface area contributed by atoms with Crippen molar-refractivity contribution < 1.29 is 14.7 Å². The highest BCUT2D eigenvalue weighted by molar-refractivity contribution is 5.80. The number of hydrogen-bond donors (Lipinski definition) is 1. The molecule has 20 heavy (non-hydrogen) atoms. The van der Waals surface area contributed by atoms with Gasteiger partial charge in [0.1, 0.15) is 6.54 Å². The van der Waals surface area contributed by atoms with Gasteiger partial charge in [-0.05, 0) is 46.7 Å². The van der Waals surface area contributed by atoms with Crippen LogP contribution in [0.25, 0.3) is 0 Å². The van der Waals surface area contributed by atoms with Gasteiger partial charge < -0.3 is 19.8 Å². The molecule has 0 bridgehead atoms. The minimum atomic E-state index is -0.949. The first-order chi connectivity index (χ1) is 9.35. The number of hydrogen-bond acceptors (Lipinski definition) is 3. The number of amides is 2. The van der Waals surface area contributed by atoms with Gasteiger partial charge in [-0.2, -0.15) is 0 Å². The summed E-state index contributed by atoms with van der Waals surface area (Å²) in [6.45, 7) is 5.65. The van der Waals surface area contributed by atoms with Crippen LogP contribution in [-0.4, -0.2) is 78.1 Å². The third-order valence-electron chi connectivity index (χ3n) is 3.52. The summed E-state index contributed by atoms with van der Waals surface area (Å²) in [4.78, 5) is 28.8. The molecule has 0 radical (unpaired) electrons. The summed E-state index contributed by atoms with van der Waals surface area (Å²) in [5.41, 5.74) is 0. The van der Waals surface area contributed by atoms with Crippen LogP contribution in [0, 0.1) is 5.92 Å². The normalized spacial score (nSPS) is 16.1. The maximum absolute atomic E-state index is 12.6. The predicted molar refractivity (Wildman–Crippen MR) is 77.7 cm³/mol. The Hall–Kier alpha value is -1.30. The minimum absolute atomic E-state index is 0.0676. The number of carbonyl (C=O) groups excluding carboxylic acids is 1. The summed E-state index contributed by atoms with van der Waals surface area (Å²) >= 11 is 0. The smallest absolute Gasteiger partial charge is 0.323 e. The van der Waals surface area contributed by atoms with Gasteiger partial charge in [0.25, 0.3) is 0 Å². The number of likely N-dealkylation sites (N-methyl/N-ethyl adjacent to an activating group) is 2. The summed E-state index contributed by atoms with van der Waals surface area (Å²) in [6.07, 6.45) is 2.20. The molecule has 0 aliphatic heterocycles. The molecule has 6 heteroatoms. The van der Waals surface area contributed by atoms with E-state index >= 15 is 0 Å². The van der Waals surface area contributed by atoms with Crippen molar-refractivity contribution in [3.63, 3.8) is 0 Å². The number of carbonyl (C=O) groups is 2. The lowest BCUT2D eigenvalue weighted by molar-refractivity contribution is -0.137. The molecule has 1 aliphatic rings. The van der Waals surface area contributed by atoms with Crippen LogP contribution in [0.5, 0.6) is 0 Å². The number of nitrogens with zero attached hydrogens (tertiary/aromatic N) is 3. The molecule has 1 fully saturated rings. The molecule has 1 aliphatic carbocycles. The number of aliphatic carboxylic acids is 1. The van der Waals surface area contributed by atoms with E-state index in [1.807, 2.05) is 32.8 Å². The van der Waals surface area contributed by atoms with Crippen molar-refractivity contribution in [1.29, 1.82) is 0 Å². The summed E-state index contributed by atoms with van der Waals surface area (Å²) in [5.74, 6) is -0.462. The van der Waals surface area contributed by atoms with E-state index in [4.69, 9.17) is 5.11 Å². The third kappa shape index (κ3) is 5.36. The van der Waals surface area contributed by atoms with E-state index in [1.54, 1.807) is 4.90 Å². The largest absolute Gasteiger partial charge is 0.480 e. The molecular formula is C14H27N3O3. The molecule has 1 saturated carbocycles. The summed E-state index contributed by atoms with van der Waals surface area (Å²) in [6, 6.07) is -0.0888. The minimum Gasteiger partial charge on any atom is -0.480 e. The van der Waals surface area contributed by atoms with Crippen LogP contribution in [0.4, 0.5) is 4.79 Å². The summed E-state index contributed by atoms with van der Waals surface area (Å²) in [5, 5.41) is 8.98. The van der Waals surface area contributed by atoms with Gasteiger partial charge >= 0.3 is 12.0 Å². The van der Waals surface area contributed by atoms with Crippen molar-refractivity contribution >= 4 is 12.0 Å². The molecule has 1 atom stereocenters. The molecule has 2 amide bonds. The van der Waals surface area contributed by atoms with E-state index in [1.165, 1.54) is 4.90 Å². The van der Waals surface area contributed by atoms with Crippen LogP contribution >= 0.6 is 0 Å². The molecule has 0 aromatic heterocycles. The Bertz CT molecular complexity index is 343. The first-order valence-electron chi connectivity index (χ1n) is 7.27. The van der Waals surface area contributed by atoms with Gasteiger partial charge in [0.2, 0.25) is 0 Å². The first-order valence-corrected chi connectivity index (χ1v) is 7.27. The third-order valence-corrected chi connectivity index (χ3v) is 3.52. The first kappa shape index (κ1) is 16.8. The average Bonchev–Trinajstić information content (AvgIpc) is 3.11. The highest BCUT2D eigenvalue weighted by Gasteiger charge is 2.31. The van der Waals surface area contributed by atoms with Crippen LogP contribution in [0.15, 0.2) is 0 Å². The quantitative estimate of drug-likeness (QED) is 0.727. The number of carboxylic acids is 1. The monoisotopic (exact) mass is 285 g/mol. The van der Waals surface area contributed by atoms with Crippen molar-refractivity contribution in [3.8, 4) is 0 Å². The lowest BCUT2D eigenvalue weighted by atomic mass is 10.2. The van der Waals surface area contributed by atoms with Gasteiger partial charge in [-0.15, -0.1) is 0 Å². The lowest BCUT2D eigenvalue weighted by Crippen LogP contribution is -2.51. The molecule has 1 N–H and O–H groups in total. The van der Waals surface area contributed by atoms with Gasteiger partial charge in [0.05, 0.1) is 0 Å². The van der Waals surface area contributed by atoms with Gasteiger partial charge in [-0.1, -0.05) is 0 Å². The second-order valence-corrected chi connectivity index (χ2v) is 5.90. The van der Waals surface area contributed by atoms with Crippen LogP contribution in [0.3, 0.4) is 0 Å². The molecule has 6 nitrogen and oxygen atoms in total. The highest BCUT2D eigenvalue weighted by atomic mass is 16.4. The number of rotatable bonds is 8. The van der Waals surface area contributed by atoms with Gasteiger partial charge in [0, 0.05) is 25.7 Å². The van der Waals surface area contributed by atoms with Gasteiger partial charge in [0.15, 0.2) is 0 Å². The summed E-state index contributed by atoms with van der Waals surface area (Å²) in [7, 11) is 3.93. The van der Waals surface area contributed by atoms with Crippen LogP contribution < -0.4 is 0 Å². The molecule has 1 unspecified atom stereocenters. The standard InChI is InChI=1S/C14H27N3O3/c1-5-17(11(2)8-15(3)4)14(20)16(10-13(18)19)9-12-6-7-12/h11-12H,5-10H2,1-4H3,(H,18,19). The molecular weight excluding hydrogens is 258 g/mol. The van der Waals surface area contributed by atoms with E-state index in [9.17, 15) is 9.59 Å². The molecule has 0 aromatic rings. The van der Waals surface area contributed by atoms with E-state index in [-0.39, 0.29) is 18.6 Å². The zero-order valence-electron chi connectivity index (χ0n) is 13.0. The molecule has 0 spiro atoms. The fraction of sp³-hybridized carbons (Fsp3) is 0.857. The fourth-order valence-electron chi connectivity index (χ4n) is 2.43. The molecule has 116 valence electrons. The van der Waals surface area contributed by atoms with Crippen LogP contribution in [0.1, 0.15) is 26.7 Å². The van der Waals surface area contributed by atoms with Crippen LogP contribution in [0.2, 0.25) is 0 Å². The van der Waals surface area contributed by atoms with E-state index < -0.39 is 5.97 Å². The zero-order valence-corrected chi connectivity index (χ0v) is 13.0. The fourth-order valence-corrected chi connectivity index (χ4v) is 2.43. The Kier molecular flexibility index (Phi) is 6.26. The predicted octanol–water partition coefficient (Wildman–Crippen LogP) is 1.18. The number of carboxylic acid groups (broad SMARTS) is 1. The number of urea groups is 1. The van der Waals surface area contributed by atoms with E-state index in [2.05, 4.69) is 0 Å². The topological polar surface area (TPSA) is 64.1 Å². The lowest BCUT2D eigenvalue weighted by Gasteiger charge is -2.34. The maximum Gasteiger partial charge on any atom is 0.323 e. The van der Waals surface area contributed by atoms with Crippen molar-refractivity contribution in [2.45, 2.75) is 32.7 Å². The second-order valence-electron chi connectivity index (χ2n) is 5.90. The van der Waals surface area contributed by atoms with Crippen molar-refractivity contribution in [2.24, 2.45) is 5.92 Å². The summed E-state index contributed by atoms with van der Waals surface area (Å²) < 4.78 is 0. The second kappa shape index (κ2) is 7.47. The Balaban J connectivity index is 2.69. The zero-order chi connectivity index (χ0) is 15.3. The maximum atomic E-state index is 12.6. The molecule has 1 rings (SSSR count). The molecule has 0 saturated heterocycles. The van der Waals surface area contributed by atoms with E-state index in [0.717, 1.165) is 19.4 Å². The van der Waals surface area contributed by atoms with Crippen LogP contribution in [-0.2, 0) is 4.79 Å². The van der Waals surface area contributed by atoms with Crippen molar-refractivity contribution in [3.05, 3.63) is 0 Å².